The van der Waals surface area contributed by atoms with Gasteiger partial charge in [-0.25, -0.2) is 0 Å². The standard InChI is InChI=1S/C14H22O2.C8H11N.2Co/c1-13(2,3)9-7-8-10(14(4,5)6)12(16)11(9)15;1-6-4-3-5-7(2)8(6)9;;/h7-8,15-16H,1-6H3;3-5H,9H2,1-2H3;;/p-2. The van der Waals surface area contributed by atoms with Crippen molar-refractivity contribution in [3.63, 3.8) is 0 Å². The average Bonchev–Trinajstić information content (AvgIpc) is 2.45. The van der Waals surface area contributed by atoms with Crippen LogP contribution in [0.15, 0.2) is 30.3 Å². The summed E-state index contributed by atoms with van der Waals surface area (Å²) in [7, 11) is 0. The molecule has 2 N–H and O–H groups in total. The van der Waals surface area contributed by atoms with Gasteiger partial charge in [0.2, 0.25) is 0 Å². The van der Waals surface area contributed by atoms with Gasteiger partial charge in [-0.2, -0.15) is 0 Å². The zero-order valence-corrected chi connectivity index (χ0v) is 19.5. The van der Waals surface area contributed by atoms with Crippen molar-refractivity contribution in [3.8, 4) is 11.5 Å². The van der Waals surface area contributed by atoms with Gasteiger partial charge in [0, 0.05) is 39.2 Å². The van der Waals surface area contributed by atoms with Crippen LogP contribution < -0.4 is 15.9 Å². The van der Waals surface area contributed by atoms with Crippen LogP contribution in [0.5, 0.6) is 11.5 Å². The number of anilines is 1. The Hall–Kier alpha value is -1.15. The number of hydrogen-bond acceptors (Lipinski definition) is 3. The normalized spacial score (nSPS) is 10.8. The van der Waals surface area contributed by atoms with Crippen molar-refractivity contribution in [1.82, 2.24) is 0 Å². The van der Waals surface area contributed by atoms with E-state index in [1.54, 1.807) is 12.1 Å². The second-order valence-corrected chi connectivity index (χ2v) is 8.62. The molecule has 2 rings (SSSR count). The molecule has 0 heterocycles. The first-order valence-electron chi connectivity index (χ1n) is 8.60. The third-order valence-electron chi connectivity index (χ3n) is 4.27. The SMILES string of the molecule is CC(C)(C)c1ccc(C(C)(C)C)c([O-])c1[O-].Cc1cccc(C)c1N.[Co].[Co]. The third kappa shape index (κ3) is 7.41. The minimum Gasteiger partial charge on any atom is -0.873 e. The molecule has 2 aromatic rings. The van der Waals surface area contributed by atoms with Crippen LogP contribution in [-0.4, -0.2) is 0 Å². The Morgan fingerprint density at radius 3 is 1.19 bits per heavy atom. The van der Waals surface area contributed by atoms with E-state index in [4.69, 9.17) is 5.73 Å². The largest absolute Gasteiger partial charge is 0.873 e. The van der Waals surface area contributed by atoms with E-state index in [9.17, 15) is 10.2 Å². The van der Waals surface area contributed by atoms with Crippen molar-refractivity contribution in [3.05, 3.63) is 52.6 Å². The van der Waals surface area contributed by atoms with Gasteiger partial charge in [-0.05, 0) is 35.8 Å². The summed E-state index contributed by atoms with van der Waals surface area (Å²) in [6.07, 6.45) is 0. The van der Waals surface area contributed by atoms with E-state index in [2.05, 4.69) is 0 Å². The fraction of sp³-hybridized carbons (Fsp3) is 0.455. The van der Waals surface area contributed by atoms with E-state index >= 15 is 0 Å². The van der Waals surface area contributed by atoms with Crippen LogP contribution in [0, 0.1) is 13.8 Å². The molecule has 5 heteroatoms. The van der Waals surface area contributed by atoms with E-state index in [0.29, 0.717) is 11.1 Å². The van der Waals surface area contributed by atoms with E-state index in [1.165, 1.54) is 0 Å². The van der Waals surface area contributed by atoms with Gasteiger partial charge in [0.05, 0.1) is 0 Å². The van der Waals surface area contributed by atoms with Gasteiger partial charge in [-0.1, -0.05) is 83.0 Å². The Balaban J connectivity index is 0. The Morgan fingerprint density at radius 1 is 0.667 bits per heavy atom. The summed E-state index contributed by atoms with van der Waals surface area (Å²) in [6.45, 7) is 15.7. The summed E-state index contributed by atoms with van der Waals surface area (Å²) >= 11 is 0. The molecule has 0 spiro atoms. The van der Waals surface area contributed by atoms with Gasteiger partial charge in [-0.3, -0.25) is 0 Å². The average molecular weight is 459 g/mol. The molecule has 0 aliphatic heterocycles. The molecule has 3 nitrogen and oxygen atoms in total. The fourth-order valence-electron chi connectivity index (χ4n) is 2.57. The molecule has 0 aromatic heterocycles. The molecule has 0 atom stereocenters. The molecule has 2 radical (unpaired) electrons. The summed E-state index contributed by atoms with van der Waals surface area (Å²) in [5, 5.41) is 23.9. The molecule has 0 aliphatic rings. The molecule has 0 bridgehead atoms. The molecule has 27 heavy (non-hydrogen) atoms. The van der Waals surface area contributed by atoms with E-state index in [0.717, 1.165) is 16.8 Å². The molecule has 0 unspecified atom stereocenters. The summed E-state index contributed by atoms with van der Waals surface area (Å²) in [5.41, 5.74) is 9.58. The smallest absolute Gasteiger partial charge is 0.0373 e. The predicted octanol–water partition coefficient (Wildman–Crippen LogP) is 4.31. The van der Waals surface area contributed by atoms with Crippen LogP contribution in [0.2, 0.25) is 0 Å². The van der Waals surface area contributed by atoms with Crippen molar-refractivity contribution in [2.45, 2.75) is 66.2 Å². The van der Waals surface area contributed by atoms with Gasteiger partial charge in [0.1, 0.15) is 0 Å². The zero-order chi connectivity index (χ0) is 19.6. The van der Waals surface area contributed by atoms with Gasteiger partial charge in [0.15, 0.2) is 0 Å². The number of nitrogens with two attached hydrogens (primary N) is 1. The second-order valence-electron chi connectivity index (χ2n) is 8.62. The monoisotopic (exact) mass is 459 g/mol. The van der Waals surface area contributed by atoms with Crippen molar-refractivity contribution >= 4 is 5.69 Å². The number of nitrogen functional groups attached to an aromatic ring is 1. The molecular formula is C22H31Co2NO2-2. The molecule has 2 aromatic carbocycles. The minimum atomic E-state index is -0.347. The molecule has 0 aliphatic carbocycles. The maximum absolute atomic E-state index is 12.0. The Kier molecular flexibility index (Phi) is 10.8. The molecule has 0 fully saturated rings. The maximum atomic E-state index is 12.0. The Morgan fingerprint density at radius 2 is 0.963 bits per heavy atom. The first-order valence-corrected chi connectivity index (χ1v) is 8.60. The maximum Gasteiger partial charge on any atom is 0.0373 e. The van der Waals surface area contributed by atoms with Gasteiger partial charge < -0.3 is 15.9 Å². The number of benzene rings is 2. The molecule has 0 saturated carbocycles. The minimum absolute atomic E-state index is 0. The summed E-state index contributed by atoms with van der Waals surface area (Å²) in [4.78, 5) is 0. The van der Waals surface area contributed by atoms with E-state index < -0.39 is 0 Å². The first-order chi connectivity index (χ1) is 11.3. The summed E-state index contributed by atoms with van der Waals surface area (Å²) < 4.78 is 0. The predicted molar refractivity (Wildman–Crippen MR) is 103 cm³/mol. The van der Waals surface area contributed by atoms with Gasteiger partial charge >= 0.3 is 0 Å². The van der Waals surface area contributed by atoms with Crippen molar-refractivity contribution < 1.29 is 43.8 Å². The number of para-hydroxylation sites is 1. The Labute approximate surface area is 185 Å². The number of rotatable bonds is 0. The fourth-order valence-corrected chi connectivity index (χ4v) is 2.57. The van der Waals surface area contributed by atoms with Crippen LogP contribution in [0.1, 0.15) is 63.8 Å². The van der Waals surface area contributed by atoms with Gasteiger partial charge in [-0.15, -0.1) is 11.5 Å². The van der Waals surface area contributed by atoms with Crippen LogP contribution in [-0.2, 0) is 44.4 Å². The van der Waals surface area contributed by atoms with Crippen LogP contribution >= 0.6 is 0 Å². The van der Waals surface area contributed by atoms with Crippen LogP contribution in [0.4, 0.5) is 5.69 Å². The first kappa shape index (κ1) is 28.1. The molecule has 156 valence electrons. The van der Waals surface area contributed by atoms with Crippen molar-refractivity contribution in [1.29, 1.82) is 0 Å². The number of aryl methyl sites for hydroxylation is 2. The van der Waals surface area contributed by atoms with Crippen molar-refractivity contribution in [2.24, 2.45) is 0 Å². The molecular weight excluding hydrogens is 428 g/mol. The summed E-state index contributed by atoms with van der Waals surface area (Å²) in [5.74, 6) is -0.695. The molecule has 0 saturated heterocycles. The van der Waals surface area contributed by atoms with E-state index in [-0.39, 0.29) is 55.9 Å². The van der Waals surface area contributed by atoms with Crippen LogP contribution in [0.3, 0.4) is 0 Å². The van der Waals surface area contributed by atoms with Crippen LogP contribution in [0.25, 0.3) is 0 Å². The molecule has 0 amide bonds. The second kappa shape index (κ2) is 10.4. The van der Waals surface area contributed by atoms with Crippen molar-refractivity contribution in [2.75, 3.05) is 5.73 Å². The Bertz CT molecular complexity index is 686. The third-order valence-corrected chi connectivity index (χ3v) is 4.27. The zero-order valence-electron chi connectivity index (χ0n) is 17.4. The topological polar surface area (TPSA) is 72.1 Å². The number of hydrogen-bond donors (Lipinski definition) is 1. The van der Waals surface area contributed by atoms with Gasteiger partial charge in [0.25, 0.3) is 0 Å². The van der Waals surface area contributed by atoms with E-state index in [1.807, 2.05) is 73.6 Å². The quantitative estimate of drug-likeness (QED) is 0.597. The summed E-state index contributed by atoms with van der Waals surface area (Å²) in [6, 6.07) is 9.64.